The molecule has 1 saturated heterocycles. The van der Waals surface area contributed by atoms with Gasteiger partial charge in [-0.2, -0.15) is 4.31 Å². The number of nitrogens with one attached hydrogen (secondary N) is 1. The van der Waals surface area contributed by atoms with E-state index < -0.39 is 10.0 Å². The van der Waals surface area contributed by atoms with Crippen LogP contribution in [0.15, 0.2) is 65.3 Å². The summed E-state index contributed by atoms with van der Waals surface area (Å²) in [5.41, 5.74) is 2.16. The number of rotatable bonds is 6. The Hall–Kier alpha value is -2.79. The lowest BCUT2D eigenvalue weighted by Gasteiger charge is -2.31. The first-order valence-corrected chi connectivity index (χ1v) is 13.5. The van der Waals surface area contributed by atoms with Crippen molar-refractivity contribution in [2.24, 2.45) is 0 Å². The third-order valence-corrected chi connectivity index (χ3v) is 9.61. The van der Waals surface area contributed by atoms with Crippen LogP contribution in [0, 0.1) is 0 Å². The Morgan fingerprint density at radius 3 is 2.62 bits per heavy atom. The van der Waals surface area contributed by atoms with Crippen LogP contribution in [-0.4, -0.2) is 46.3 Å². The molecule has 1 amide bonds. The van der Waals surface area contributed by atoms with E-state index in [9.17, 15) is 13.2 Å². The number of piperidine rings is 1. The van der Waals surface area contributed by atoms with E-state index in [-0.39, 0.29) is 22.7 Å². The molecule has 1 N–H and O–H groups in total. The molecule has 11 heteroatoms. The highest BCUT2D eigenvalue weighted by Gasteiger charge is 2.31. The van der Waals surface area contributed by atoms with Crippen LogP contribution in [0.5, 0.6) is 0 Å². The van der Waals surface area contributed by atoms with Gasteiger partial charge in [-0.1, -0.05) is 11.6 Å². The molecule has 0 spiro atoms. The first-order valence-electron chi connectivity index (χ1n) is 10.8. The summed E-state index contributed by atoms with van der Waals surface area (Å²) in [5, 5.41) is 3.38. The molecule has 0 saturated carbocycles. The lowest BCUT2D eigenvalue weighted by molar-refractivity contribution is 0.0951. The zero-order valence-electron chi connectivity index (χ0n) is 18.1. The monoisotopic (exact) mass is 515 g/mol. The van der Waals surface area contributed by atoms with E-state index in [4.69, 9.17) is 11.6 Å². The van der Waals surface area contributed by atoms with Crippen molar-refractivity contribution in [2.45, 2.75) is 29.6 Å². The number of sulfonamides is 1. The lowest BCUT2D eigenvalue weighted by Crippen LogP contribution is -2.38. The van der Waals surface area contributed by atoms with E-state index in [1.54, 1.807) is 48.9 Å². The quantitative estimate of drug-likeness (QED) is 0.417. The minimum absolute atomic E-state index is 0.160. The highest BCUT2D eigenvalue weighted by atomic mass is 35.5. The van der Waals surface area contributed by atoms with Crippen LogP contribution in [-0.2, 0) is 16.6 Å². The molecule has 0 radical (unpaired) electrons. The average Bonchev–Trinajstić information content (AvgIpc) is 3.51. The van der Waals surface area contributed by atoms with Crippen molar-refractivity contribution in [1.82, 2.24) is 24.2 Å². The molecule has 1 aromatic carbocycles. The molecular weight excluding hydrogens is 494 g/mol. The van der Waals surface area contributed by atoms with Gasteiger partial charge in [-0.3, -0.25) is 4.79 Å². The second-order valence-corrected chi connectivity index (χ2v) is 11.8. The van der Waals surface area contributed by atoms with Gasteiger partial charge in [-0.05, 0) is 61.4 Å². The Morgan fingerprint density at radius 1 is 1.09 bits per heavy atom. The summed E-state index contributed by atoms with van der Waals surface area (Å²) in [6.07, 6.45) is 4.91. The van der Waals surface area contributed by atoms with Crippen LogP contribution in [0.1, 0.15) is 34.1 Å². The molecule has 0 aliphatic carbocycles. The molecule has 176 valence electrons. The fourth-order valence-corrected chi connectivity index (χ4v) is 7.13. The van der Waals surface area contributed by atoms with Gasteiger partial charge in [-0.15, -0.1) is 11.3 Å². The van der Waals surface area contributed by atoms with Gasteiger partial charge in [0.2, 0.25) is 0 Å². The maximum Gasteiger partial charge on any atom is 0.252 e. The Morgan fingerprint density at radius 2 is 1.85 bits per heavy atom. The Balaban J connectivity index is 1.21. The Bertz CT molecular complexity index is 1420. The van der Waals surface area contributed by atoms with Gasteiger partial charge >= 0.3 is 0 Å². The van der Waals surface area contributed by atoms with Gasteiger partial charge in [-0.25, -0.2) is 18.4 Å². The zero-order valence-corrected chi connectivity index (χ0v) is 20.5. The number of amides is 1. The van der Waals surface area contributed by atoms with E-state index in [2.05, 4.69) is 15.3 Å². The summed E-state index contributed by atoms with van der Waals surface area (Å²) >= 11 is 7.04. The van der Waals surface area contributed by atoms with Gasteiger partial charge in [0.05, 0.1) is 12.9 Å². The number of imidazole rings is 1. The summed E-state index contributed by atoms with van der Waals surface area (Å²) in [7, 11) is -3.59. The zero-order chi connectivity index (χ0) is 23.7. The van der Waals surface area contributed by atoms with E-state index >= 15 is 0 Å². The molecule has 1 aliphatic rings. The number of hydrogen-bond acceptors (Lipinski definition) is 6. The maximum atomic E-state index is 13.2. The van der Waals surface area contributed by atoms with Gasteiger partial charge in [0, 0.05) is 40.8 Å². The standard InChI is InChI=1S/C23H22ClN5O3S2/c24-17-5-3-16(4-6-17)23(30)26-14-19-7-8-21(33-19)34(31,32)28-12-9-18(10-13-28)29-15-27-20-2-1-11-25-22(20)29/h1-8,11,15,18H,9-10,12-14H2,(H,26,30). The second-order valence-electron chi connectivity index (χ2n) is 8.04. The molecular formula is C23H22ClN5O3S2. The number of aromatic nitrogens is 3. The summed E-state index contributed by atoms with van der Waals surface area (Å²) in [6, 6.07) is 13.9. The van der Waals surface area contributed by atoms with Crippen molar-refractivity contribution in [3.8, 4) is 0 Å². The van der Waals surface area contributed by atoms with Crippen LogP contribution in [0.2, 0.25) is 5.02 Å². The third kappa shape index (κ3) is 4.58. The molecule has 4 heterocycles. The minimum atomic E-state index is -3.59. The highest BCUT2D eigenvalue weighted by Crippen LogP contribution is 2.31. The molecule has 0 bridgehead atoms. The number of nitrogens with zero attached hydrogens (tertiary/aromatic N) is 4. The van der Waals surface area contributed by atoms with Crippen LogP contribution >= 0.6 is 22.9 Å². The van der Waals surface area contributed by atoms with E-state index in [1.165, 1.54) is 15.6 Å². The number of pyridine rings is 1. The topological polar surface area (TPSA) is 97.2 Å². The van der Waals surface area contributed by atoms with Gasteiger partial charge < -0.3 is 9.88 Å². The largest absolute Gasteiger partial charge is 0.347 e. The number of thiophene rings is 1. The van der Waals surface area contributed by atoms with E-state index in [0.717, 1.165) is 16.0 Å². The number of carbonyl (C=O) groups is 1. The first kappa shape index (κ1) is 23.0. The van der Waals surface area contributed by atoms with Crippen LogP contribution in [0.4, 0.5) is 0 Å². The molecule has 1 fully saturated rings. The van der Waals surface area contributed by atoms with Crippen molar-refractivity contribution in [3.63, 3.8) is 0 Å². The molecule has 1 aliphatic heterocycles. The van der Waals surface area contributed by atoms with Gasteiger partial charge in [0.1, 0.15) is 9.73 Å². The molecule has 0 atom stereocenters. The Kier molecular flexibility index (Phi) is 6.39. The SMILES string of the molecule is O=C(NCc1ccc(S(=O)(=O)N2CCC(n3cnc4cccnc43)CC2)s1)c1ccc(Cl)cc1. The molecule has 4 aromatic rings. The first-order chi connectivity index (χ1) is 16.4. The smallest absolute Gasteiger partial charge is 0.252 e. The van der Waals surface area contributed by atoms with E-state index in [1.807, 2.05) is 16.7 Å². The molecule has 0 unspecified atom stereocenters. The summed E-state index contributed by atoms with van der Waals surface area (Å²) in [5.74, 6) is -0.238. The van der Waals surface area contributed by atoms with Crippen molar-refractivity contribution in [1.29, 1.82) is 0 Å². The summed E-state index contributed by atoms with van der Waals surface area (Å²) in [4.78, 5) is 21.9. The molecule has 8 nitrogen and oxygen atoms in total. The maximum absolute atomic E-state index is 13.2. The van der Waals surface area contributed by atoms with E-state index in [0.29, 0.717) is 36.5 Å². The fraction of sp³-hybridized carbons (Fsp3) is 0.261. The fourth-order valence-electron chi connectivity index (χ4n) is 4.09. The van der Waals surface area contributed by atoms with Crippen molar-refractivity contribution >= 4 is 50.0 Å². The summed E-state index contributed by atoms with van der Waals surface area (Å²) < 4.78 is 30.3. The minimum Gasteiger partial charge on any atom is -0.347 e. The molecule has 5 rings (SSSR count). The van der Waals surface area contributed by atoms with Gasteiger partial charge in [0.15, 0.2) is 5.65 Å². The third-order valence-electron chi connectivity index (χ3n) is 5.91. The number of fused-ring (bicyclic) bond motifs is 1. The predicted molar refractivity (Wildman–Crippen MR) is 131 cm³/mol. The normalized spacial score (nSPS) is 15.6. The second kappa shape index (κ2) is 9.46. The number of carbonyl (C=O) groups excluding carboxylic acids is 1. The van der Waals surface area contributed by atoms with Crippen molar-refractivity contribution in [3.05, 3.63) is 76.5 Å². The van der Waals surface area contributed by atoms with Gasteiger partial charge in [0.25, 0.3) is 15.9 Å². The van der Waals surface area contributed by atoms with Crippen LogP contribution in [0.3, 0.4) is 0 Å². The number of hydrogen-bond donors (Lipinski definition) is 1. The predicted octanol–water partition coefficient (Wildman–Crippen LogP) is 4.10. The molecule has 3 aromatic heterocycles. The average molecular weight is 516 g/mol. The van der Waals surface area contributed by atoms with Crippen molar-refractivity contribution in [2.75, 3.05) is 13.1 Å². The Labute approximate surface area is 206 Å². The van der Waals surface area contributed by atoms with Crippen molar-refractivity contribution < 1.29 is 13.2 Å². The number of halogens is 1. The molecule has 34 heavy (non-hydrogen) atoms. The van der Waals surface area contributed by atoms with Crippen LogP contribution < -0.4 is 5.32 Å². The number of benzene rings is 1. The van der Waals surface area contributed by atoms with Crippen LogP contribution in [0.25, 0.3) is 11.2 Å². The lowest BCUT2D eigenvalue weighted by atomic mass is 10.1. The summed E-state index contributed by atoms with van der Waals surface area (Å²) in [6.45, 7) is 1.12. The highest BCUT2D eigenvalue weighted by molar-refractivity contribution is 7.91.